The van der Waals surface area contributed by atoms with Gasteiger partial charge in [-0.1, -0.05) is 13.3 Å². The van der Waals surface area contributed by atoms with Crippen LogP contribution in [0.1, 0.15) is 30.1 Å². The lowest BCUT2D eigenvalue weighted by Crippen LogP contribution is -2.63. The first-order valence-electron chi connectivity index (χ1n) is 5.92. The van der Waals surface area contributed by atoms with Crippen molar-refractivity contribution in [1.82, 2.24) is 4.90 Å². The Morgan fingerprint density at radius 2 is 2.06 bits per heavy atom. The van der Waals surface area contributed by atoms with Gasteiger partial charge in [0.1, 0.15) is 0 Å². The summed E-state index contributed by atoms with van der Waals surface area (Å²) in [5, 5.41) is 9.95. The molecule has 1 saturated heterocycles. The van der Waals surface area contributed by atoms with E-state index < -0.39 is 17.2 Å². The second-order valence-electron chi connectivity index (χ2n) is 4.76. The number of β-amino-alcohol motifs (C(OH)–C–C–N with tert-alkyl or cyclic N) is 1. The third-order valence-corrected chi connectivity index (χ3v) is 3.14. The van der Waals surface area contributed by atoms with Gasteiger partial charge in [0.2, 0.25) is 0 Å². The molecule has 1 fully saturated rings. The Kier molecular flexibility index (Phi) is 3.34. The first-order chi connectivity index (χ1) is 8.45. The third-order valence-electron chi connectivity index (χ3n) is 3.14. The minimum Gasteiger partial charge on any atom is -0.386 e. The van der Waals surface area contributed by atoms with Gasteiger partial charge in [-0.15, -0.1) is 0 Å². The molecular weight excluding hydrogens is 240 g/mol. The highest BCUT2D eigenvalue weighted by atomic mass is 19.2. The predicted molar refractivity (Wildman–Crippen MR) is 62.1 cm³/mol. The lowest BCUT2D eigenvalue weighted by Gasteiger charge is -2.46. The van der Waals surface area contributed by atoms with E-state index in [0.717, 1.165) is 18.6 Å². The molecule has 0 atom stereocenters. The van der Waals surface area contributed by atoms with Crippen LogP contribution in [0.4, 0.5) is 8.78 Å². The van der Waals surface area contributed by atoms with Gasteiger partial charge in [-0.3, -0.25) is 4.79 Å². The standard InChI is InChI=1S/C13H15F2NO2/c1-2-5-13(18)7-16(8-13)12(17)9-3-4-10(14)11(15)6-9/h3-4,6,18H,2,5,7-8H2,1H3. The van der Waals surface area contributed by atoms with Crippen molar-refractivity contribution in [3.63, 3.8) is 0 Å². The Bertz CT molecular complexity index is 470. The van der Waals surface area contributed by atoms with Gasteiger partial charge in [-0.25, -0.2) is 8.78 Å². The summed E-state index contributed by atoms with van der Waals surface area (Å²) in [7, 11) is 0. The molecule has 0 unspecified atom stereocenters. The highest BCUT2D eigenvalue weighted by Gasteiger charge is 2.42. The molecule has 1 aromatic rings. The van der Waals surface area contributed by atoms with Gasteiger partial charge in [0.05, 0.1) is 18.7 Å². The molecule has 1 heterocycles. The van der Waals surface area contributed by atoms with Crippen LogP contribution in [0.5, 0.6) is 0 Å². The SMILES string of the molecule is CCCC1(O)CN(C(=O)c2ccc(F)c(F)c2)C1. The summed E-state index contributed by atoms with van der Waals surface area (Å²) in [6, 6.07) is 3.06. The predicted octanol–water partition coefficient (Wildman–Crippen LogP) is 1.95. The molecule has 1 N–H and O–H groups in total. The van der Waals surface area contributed by atoms with Gasteiger partial charge >= 0.3 is 0 Å². The number of likely N-dealkylation sites (tertiary alicyclic amines) is 1. The summed E-state index contributed by atoms with van der Waals surface area (Å²) in [5.41, 5.74) is -0.712. The minimum atomic E-state index is -1.04. The summed E-state index contributed by atoms with van der Waals surface area (Å²) in [6.45, 7) is 2.45. The maximum atomic E-state index is 13.0. The van der Waals surface area contributed by atoms with Crippen LogP contribution in [0.3, 0.4) is 0 Å². The molecule has 18 heavy (non-hydrogen) atoms. The number of hydrogen-bond donors (Lipinski definition) is 1. The van der Waals surface area contributed by atoms with Gasteiger partial charge in [0.15, 0.2) is 11.6 Å². The van der Waals surface area contributed by atoms with Crippen LogP contribution in [0, 0.1) is 11.6 Å². The fraction of sp³-hybridized carbons (Fsp3) is 0.462. The van der Waals surface area contributed by atoms with Gasteiger partial charge in [-0.2, -0.15) is 0 Å². The molecule has 0 saturated carbocycles. The van der Waals surface area contributed by atoms with E-state index in [4.69, 9.17) is 0 Å². The zero-order chi connectivity index (χ0) is 13.3. The summed E-state index contributed by atoms with van der Waals surface area (Å²) in [4.78, 5) is 13.3. The number of nitrogens with zero attached hydrogens (tertiary/aromatic N) is 1. The van der Waals surface area contributed by atoms with E-state index in [9.17, 15) is 18.7 Å². The number of hydrogen-bond acceptors (Lipinski definition) is 2. The summed E-state index contributed by atoms with van der Waals surface area (Å²) < 4.78 is 25.7. The van der Waals surface area contributed by atoms with Crippen LogP contribution in [0.2, 0.25) is 0 Å². The number of benzene rings is 1. The van der Waals surface area contributed by atoms with Gasteiger partial charge in [-0.05, 0) is 24.6 Å². The molecule has 2 rings (SSSR count). The fourth-order valence-corrected chi connectivity index (χ4v) is 2.24. The largest absolute Gasteiger partial charge is 0.386 e. The van der Waals surface area contributed by atoms with E-state index >= 15 is 0 Å². The number of rotatable bonds is 3. The Balaban J connectivity index is 2.03. The minimum absolute atomic E-state index is 0.104. The zero-order valence-electron chi connectivity index (χ0n) is 10.1. The molecule has 0 aliphatic carbocycles. The van der Waals surface area contributed by atoms with Crippen molar-refractivity contribution in [3.8, 4) is 0 Å². The third kappa shape index (κ3) is 2.36. The zero-order valence-corrected chi connectivity index (χ0v) is 10.1. The van der Waals surface area contributed by atoms with Crippen LogP contribution >= 0.6 is 0 Å². The van der Waals surface area contributed by atoms with E-state index in [-0.39, 0.29) is 24.6 Å². The first kappa shape index (κ1) is 13.0. The molecule has 0 bridgehead atoms. The number of amides is 1. The maximum absolute atomic E-state index is 13.0. The number of carbonyl (C=O) groups is 1. The molecular formula is C13H15F2NO2. The topological polar surface area (TPSA) is 40.5 Å². The monoisotopic (exact) mass is 255 g/mol. The highest BCUT2D eigenvalue weighted by Crippen LogP contribution is 2.27. The van der Waals surface area contributed by atoms with Crippen molar-refractivity contribution in [1.29, 1.82) is 0 Å². The van der Waals surface area contributed by atoms with Crippen LogP contribution in [0.15, 0.2) is 18.2 Å². The van der Waals surface area contributed by atoms with Crippen molar-refractivity contribution >= 4 is 5.91 Å². The Morgan fingerprint density at radius 3 is 2.61 bits per heavy atom. The van der Waals surface area contributed by atoms with Crippen LogP contribution in [0.25, 0.3) is 0 Å². The lowest BCUT2D eigenvalue weighted by molar-refractivity contribution is -0.0860. The molecule has 0 aromatic heterocycles. The molecule has 1 aromatic carbocycles. The second-order valence-corrected chi connectivity index (χ2v) is 4.76. The maximum Gasteiger partial charge on any atom is 0.254 e. The number of halogens is 2. The number of carbonyl (C=O) groups excluding carboxylic acids is 1. The van der Waals surface area contributed by atoms with Gasteiger partial charge in [0, 0.05) is 5.56 Å². The Hall–Kier alpha value is -1.49. The smallest absolute Gasteiger partial charge is 0.254 e. The van der Waals surface area contributed by atoms with Crippen LogP contribution < -0.4 is 0 Å². The average molecular weight is 255 g/mol. The van der Waals surface area contributed by atoms with E-state index in [1.807, 2.05) is 6.92 Å². The molecule has 5 heteroatoms. The van der Waals surface area contributed by atoms with E-state index in [0.29, 0.717) is 6.42 Å². The van der Waals surface area contributed by atoms with Gasteiger partial charge < -0.3 is 10.0 Å². The molecule has 1 amide bonds. The van der Waals surface area contributed by atoms with E-state index in [1.54, 1.807) is 0 Å². The molecule has 1 aliphatic rings. The Labute approximate surface area is 104 Å². The van der Waals surface area contributed by atoms with E-state index in [1.165, 1.54) is 11.0 Å². The molecule has 0 spiro atoms. The summed E-state index contributed by atoms with van der Waals surface area (Å²) in [5.74, 6) is -2.39. The quantitative estimate of drug-likeness (QED) is 0.896. The summed E-state index contributed by atoms with van der Waals surface area (Å²) >= 11 is 0. The van der Waals surface area contributed by atoms with E-state index in [2.05, 4.69) is 0 Å². The van der Waals surface area contributed by atoms with Crippen molar-refractivity contribution in [2.24, 2.45) is 0 Å². The van der Waals surface area contributed by atoms with Crippen LogP contribution in [-0.2, 0) is 0 Å². The van der Waals surface area contributed by atoms with Gasteiger partial charge in [0.25, 0.3) is 5.91 Å². The van der Waals surface area contributed by atoms with Crippen molar-refractivity contribution in [2.45, 2.75) is 25.4 Å². The second kappa shape index (κ2) is 4.65. The highest BCUT2D eigenvalue weighted by molar-refractivity contribution is 5.94. The average Bonchev–Trinajstić information content (AvgIpc) is 2.29. The summed E-state index contributed by atoms with van der Waals surface area (Å²) in [6.07, 6.45) is 1.47. The Morgan fingerprint density at radius 1 is 1.39 bits per heavy atom. The molecule has 98 valence electrons. The molecule has 1 aliphatic heterocycles. The van der Waals surface area contributed by atoms with Crippen molar-refractivity contribution in [3.05, 3.63) is 35.4 Å². The fourth-order valence-electron chi connectivity index (χ4n) is 2.24. The van der Waals surface area contributed by atoms with Crippen LogP contribution in [-0.4, -0.2) is 34.6 Å². The van der Waals surface area contributed by atoms with Crippen molar-refractivity contribution < 1.29 is 18.7 Å². The number of aliphatic hydroxyl groups is 1. The lowest BCUT2D eigenvalue weighted by atomic mass is 9.89. The molecule has 0 radical (unpaired) electrons. The van der Waals surface area contributed by atoms with Crippen molar-refractivity contribution in [2.75, 3.05) is 13.1 Å². The first-order valence-corrected chi connectivity index (χ1v) is 5.92. The molecule has 3 nitrogen and oxygen atoms in total. The normalized spacial score (nSPS) is 17.4.